The largest absolute Gasteiger partial charge is 0.467 e. The number of hydrogen-bond donors (Lipinski definition) is 0. The van der Waals surface area contributed by atoms with E-state index in [1.807, 2.05) is 52.7 Å². The van der Waals surface area contributed by atoms with Crippen LogP contribution in [0, 0.1) is 0 Å². The van der Waals surface area contributed by atoms with Crippen molar-refractivity contribution in [2.45, 2.75) is 13.0 Å². The summed E-state index contributed by atoms with van der Waals surface area (Å²) in [6, 6.07) is 17.7. The second-order valence-corrected chi connectivity index (χ2v) is 5.97. The van der Waals surface area contributed by atoms with E-state index in [1.54, 1.807) is 6.26 Å². The molecule has 22 heavy (non-hydrogen) atoms. The number of furan rings is 1. The number of nitrogens with zero attached hydrogens (tertiary/aromatic N) is 1. The molecule has 3 aromatic rings. The SMILES string of the molecule is O=C(c1cccs1)N(CCc1ccccc1)Cc1ccco1. The van der Waals surface area contributed by atoms with Gasteiger partial charge in [0.25, 0.3) is 5.91 Å². The number of hydrogen-bond acceptors (Lipinski definition) is 3. The summed E-state index contributed by atoms with van der Waals surface area (Å²) in [5, 5.41) is 1.93. The number of benzene rings is 1. The smallest absolute Gasteiger partial charge is 0.264 e. The zero-order valence-corrected chi connectivity index (χ0v) is 13.0. The third-order valence-electron chi connectivity index (χ3n) is 3.46. The highest BCUT2D eigenvalue weighted by Crippen LogP contribution is 2.15. The molecule has 0 fully saturated rings. The van der Waals surface area contributed by atoms with Crippen LogP contribution in [-0.2, 0) is 13.0 Å². The van der Waals surface area contributed by atoms with Crippen molar-refractivity contribution in [3.63, 3.8) is 0 Å². The van der Waals surface area contributed by atoms with Crippen molar-refractivity contribution in [2.24, 2.45) is 0 Å². The third-order valence-corrected chi connectivity index (χ3v) is 4.32. The monoisotopic (exact) mass is 311 g/mol. The second kappa shape index (κ2) is 7.09. The molecule has 0 unspecified atom stereocenters. The number of thiophene rings is 1. The van der Waals surface area contributed by atoms with Gasteiger partial charge in [0.15, 0.2) is 0 Å². The van der Waals surface area contributed by atoms with Gasteiger partial charge in [0.2, 0.25) is 0 Å². The van der Waals surface area contributed by atoms with Gasteiger partial charge in [0, 0.05) is 6.54 Å². The molecule has 3 nitrogen and oxygen atoms in total. The van der Waals surface area contributed by atoms with Gasteiger partial charge >= 0.3 is 0 Å². The summed E-state index contributed by atoms with van der Waals surface area (Å²) >= 11 is 1.47. The summed E-state index contributed by atoms with van der Waals surface area (Å²) < 4.78 is 5.39. The van der Waals surface area contributed by atoms with Crippen LogP contribution < -0.4 is 0 Å². The van der Waals surface area contributed by atoms with Crippen molar-refractivity contribution in [2.75, 3.05) is 6.54 Å². The van der Waals surface area contributed by atoms with Gasteiger partial charge in [-0.15, -0.1) is 11.3 Å². The van der Waals surface area contributed by atoms with E-state index in [9.17, 15) is 4.79 Å². The predicted molar refractivity (Wildman–Crippen MR) is 87.9 cm³/mol. The third kappa shape index (κ3) is 3.65. The van der Waals surface area contributed by atoms with E-state index in [0.29, 0.717) is 13.1 Å². The molecule has 0 spiro atoms. The van der Waals surface area contributed by atoms with Crippen molar-refractivity contribution >= 4 is 17.2 Å². The second-order valence-electron chi connectivity index (χ2n) is 5.02. The molecule has 112 valence electrons. The van der Waals surface area contributed by atoms with Gasteiger partial charge in [-0.2, -0.15) is 0 Å². The van der Waals surface area contributed by atoms with E-state index in [-0.39, 0.29) is 5.91 Å². The maximum atomic E-state index is 12.6. The Balaban J connectivity index is 1.72. The molecule has 0 N–H and O–H groups in total. The van der Waals surface area contributed by atoms with E-state index < -0.39 is 0 Å². The molecule has 0 aliphatic carbocycles. The van der Waals surface area contributed by atoms with Crippen molar-refractivity contribution in [3.05, 3.63) is 82.4 Å². The van der Waals surface area contributed by atoms with Gasteiger partial charge in [-0.05, 0) is 35.6 Å². The first-order valence-corrected chi connectivity index (χ1v) is 8.10. The molecule has 0 saturated heterocycles. The fraction of sp³-hybridized carbons (Fsp3) is 0.167. The Hall–Kier alpha value is -2.33. The van der Waals surface area contributed by atoms with Gasteiger partial charge in [-0.3, -0.25) is 4.79 Å². The standard InChI is InChI=1S/C18H17NO2S/c20-18(17-9-5-13-22-17)19(14-16-8-4-12-21-16)11-10-15-6-2-1-3-7-15/h1-9,12-13H,10-11,14H2. The van der Waals surface area contributed by atoms with Crippen LogP contribution in [0.2, 0.25) is 0 Å². The average molecular weight is 311 g/mol. The zero-order valence-electron chi connectivity index (χ0n) is 12.1. The van der Waals surface area contributed by atoms with Crippen LogP contribution in [0.5, 0.6) is 0 Å². The number of rotatable bonds is 6. The topological polar surface area (TPSA) is 33.5 Å². The number of amides is 1. The van der Waals surface area contributed by atoms with Crippen molar-refractivity contribution in [1.82, 2.24) is 4.90 Å². The lowest BCUT2D eigenvalue weighted by Crippen LogP contribution is -2.31. The summed E-state index contributed by atoms with van der Waals surface area (Å²) in [6.45, 7) is 1.16. The molecule has 1 aromatic carbocycles. The summed E-state index contributed by atoms with van der Waals surface area (Å²) in [7, 11) is 0. The summed E-state index contributed by atoms with van der Waals surface area (Å²) in [5.41, 5.74) is 1.23. The minimum absolute atomic E-state index is 0.0577. The van der Waals surface area contributed by atoms with Gasteiger partial charge in [-0.25, -0.2) is 0 Å². The van der Waals surface area contributed by atoms with Crippen LogP contribution in [0.3, 0.4) is 0 Å². The molecule has 0 atom stereocenters. The lowest BCUT2D eigenvalue weighted by atomic mass is 10.1. The summed E-state index contributed by atoms with van der Waals surface area (Å²) in [5.74, 6) is 0.861. The van der Waals surface area contributed by atoms with Gasteiger partial charge < -0.3 is 9.32 Å². The predicted octanol–water partition coefficient (Wildman–Crippen LogP) is 4.23. The van der Waals surface area contributed by atoms with Crippen LogP contribution in [0.25, 0.3) is 0 Å². The van der Waals surface area contributed by atoms with Crippen molar-refractivity contribution in [1.29, 1.82) is 0 Å². The highest BCUT2D eigenvalue weighted by Gasteiger charge is 2.18. The number of carbonyl (C=O) groups excluding carboxylic acids is 1. The molecule has 0 aliphatic heterocycles. The molecule has 2 heterocycles. The zero-order chi connectivity index (χ0) is 15.2. The van der Waals surface area contributed by atoms with Crippen LogP contribution in [0.1, 0.15) is 21.0 Å². The first kappa shape index (κ1) is 14.6. The van der Waals surface area contributed by atoms with Crippen LogP contribution in [-0.4, -0.2) is 17.4 Å². The minimum atomic E-state index is 0.0577. The molecule has 1 amide bonds. The van der Waals surface area contributed by atoms with E-state index in [1.165, 1.54) is 16.9 Å². The molecule has 3 rings (SSSR count). The molecule has 0 saturated carbocycles. The Morgan fingerprint density at radius 1 is 1.05 bits per heavy atom. The molecular formula is C18H17NO2S. The van der Waals surface area contributed by atoms with E-state index in [0.717, 1.165) is 17.1 Å². The highest BCUT2D eigenvalue weighted by molar-refractivity contribution is 7.12. The van der Waals surface area contributed by atoms with E-state index in [4.69, 9.17) is 4.42 Å². The fourth-order valence-corrected chi connectivity index (χ4v) is 3.00. The minimum Gasteiger partial charge on any atom is -0.467 e. The normalized spacial score (nSPS) is 10.5. The summed E-state index contributed by atoms with van der Waals surface area (Å²) in [4.78, 5) is 15.3. The van der Waals surface area contributed by atoms with Gasteiger partial charge in [-0.1, -0.05) is 36.4 Å². The first-order chi connectivity index (χ1) is 10.8. The maximum Gasteiger partial charge on any atom is 0.264 e. The van der Waals surface area contributed by atoms with Crippen LogP contribution in [0.4, 0.5) is 0 Å². The van der Waals surface area contributed by atoms with Crippen molar-refractivity contribution < 1.29 is 9.21 Å². The fourth-order valence-electron chi connectivity index (χ4n) is 2.31. The molecular weight excluding hydrogens is 294 g/mol. The molecule has 0 aliphatic rings. The molecule has 0 bridgehead atoms. The number of carbonyl (C=O) groups is 1. The van der Waals surface area contributed by atoms with E-state index >= 15 is 0 Å². The highest BCUT2D eigenvalue weighted by atomic mass is 32.1. The molecule has 4 heteroatoms. The first-order valence-electron chi connectivity index (χ1n) is 7.22. The maximum absolute atomic E-state index is 12.6. The molecule has 0 radical (unpaired) electrons. The average Bonchev–Trinajstić information content (AvgIpc) is 3.25. The summed E-state index contributed by atoms with van der Waals surface area (Å²) in [6.07, 6.45) is 2.47. The Labute approximate surface area is 133 Å². The lowest BCUT2D eigenvalue weighted by molar-refractivity contribution is 0.0738. The lowest BCUT2D eigenvalue weighted by Gasteiger charge is -2.21. The molecule has 2 aromatic heterocycles. The Bertz CT molecular complexity index is 690. The van der Waals surface area contributed by atoms with Gasteiger partial charge in [0.05, 0.1) is 17.7 Å². The van der Waals surface area contributed by atoms with Gasteiger partial charge in [0.1, 0.15) is 5.76 Å². The Morgan fingerprint density at radius 3 is 2.59 bits per heavy atom. The van der Waals surface area contributed by atoms with Crippen LogP contribution >= 0.6 is 11.3 Å². The van der Waals surface area contributed by atoms with E-state index in [2.05, 4.69) is 12.1 Å². The van der Waals surface area contributed by atoms with Crippen molar-refractivity contribution in [3.8, 4) is 0 Å². The quantitative estimate of drug-likeness (QED) is 0.682. The Kier molecular flexibility index (Phi) is 4.71. The Morgan fingerprint density at radius 2 is 1.91 bits per heavy atom. The van der Waals surface area contributed by atoms with Crippen LogP contribution in [0.15, 0.2) is 70.7 Å².